The van der Waals surface area contributed by atoms with Crippen molar-refractivity contribution < 1.29 is 0 Å². The Bertz CT molecular complexity index is 386. The van der Waals surface area contributed by atoms with Crippen LogP contribution in [-0.2, 0) is 19.5 Å². The fourth-order valence-corrected chi connectivity index (χ4v) is 2.70. The molecule has 1 aromatic rings. The molecule has 2 unspecified atom stereocenters. The van der Waals surface area contributed by atoms with Crippen molar-refractivity contribution in [1.82, 2.24) is 15.1 Å². The van der Waals surface area contributed by atoms with Crippen LogP contribution < -0.4 is 5.32 Å². The van der Waals surface area contributed by atoms with E-state index in [2.05, 4.69) is 31.2 Å². The van der Waals surface area contributed by atoms with E-state index in [1.54, 1.807) is 0 Å². The summed E-state index contributed by atoms with van der Waals surface area (Å²) in [5, 5.41) is 8.97. The molecule has 1 heterocycles. The van der Waals surface area contributed by atoms with Gasteiger partial charge in [-0.15, -0.1) is 0 Å². The molecule has 0 aromatic carbocycles. The fraction of sp³-hybridized carbons (Fsp3) is 0.769. The van der Waals surface area contributed by atoms with Gasteiger partial charge in [0.15, 0.2) is 0 Å². The number of aryl methyl sites for hydroxylation is 2. The smallest absolute Gasteiger partial charge is 0.0863 e. The number of aromatic nitrogens is 2. The van der Waals surface area contributed by atoms with E-state index < -0.39 is 0 Å². The van der Waals surface area contributed by atoms with Crippen molar-refractivity contribution >= 4 is 11.6 Å². The lowest BCUT2D eigenvalue weighted by atomic mass is 10.3. The Morgan fingerprint density at radius 1 is 1.41 bits per heavy atom. The van der Waals surface area contributed by atoms with Crippen LogP contribution in [0, 0.1) is 5.92 Å². The second-order valence-electron chi connectivity index (χ2n) is 4.77. The first-order valence-corrected chi connectivity index (χ1v) is 7.06. The second kappa shape index (κ2) is 5.40. The third-order valence-electron chi connectivity index (χ3n) is 3.67. The van der Waals surface area contributed by atoms with Crippen molar-refractivity contribution in [3.63, 3.8) is 0 Å². The van der Waals surface area contributed by atoms with Crippen LogP contribution in [0.25, 0.3) is 0 Å². The number of hydrogen-bond donors (Lipinski definition) is 1. The first-order valence-electron chi connectivity index (χ1n) is 6.68. The van der Waals surface area contributed by atoms with E-state index in [9.17, 15) is 0 Å². The molecular weight excluding hydrogens is 234 g/mol. The van der Waals surface area contributed by atoms with Crippen LogP contribution in [-0.4, -0.2) is 15.8 Å². The maximum absolute atomic E-state index is 6.36. The zero-order chi connectivity index (χ0) is 12.4. The molecule has 1 N–H and O–H groups in total. The van der Waals surface area contributed by atoms with Gasteiger partial charge in [0.1, 0.15) is 0 Å². The zero-order valence-electron chi connectivity index (χ0n) is 11.0. The first-order chi connectivity index (χ1) is 8.21. The van der Waals surface area contributed by atoms with Gasteiger partial charge < -0.3 is 5.32 Å². The number of halogens is 1. The van der Waals surface area contributed by atoms with Crippen LogP contribution >= 0.6 is 11.6 Å². The Labute approximate surface area is 109 Å². The molecule has 0 saturated heterocycles. The molecule has 0 aliphatic heterocycles. The van der Waals surface area contributed by atoms with E-state index in [1.165, 1.54) is 12.8 Å². The quantitative estimate of drug-likeness (QED) is 0.847. The molecule has 1 fully saturated rings. The van der Waals surface area contributed by atoms with Crippen molar-refractivity contribution in [3.05, 3.63) is 16.4 Å². The van der Waals surface area contributed by atoms with E-state index in [1.807, 2.05) is 4.68 Å². The molecule has 96 valence electrons. The van der Waals surface area contributed by atoms with E-state index in [4.69, 9.17) is 11.6 Å². The van der Waals surface area contributed by atoms with Crippen LogP contribution in [0.1, 0.15) is 45.0 Å². The summed E-state index contributed by atoms with van der Waals surface area (Å²) in [5.41, 5.74) is 2.17. The van der Waals surface area contributed by atoms with Gasteiger partial charge in [0.25, 0.3) is 0 Å². The van der Waals surface area contributed by atoms with Gasteiger partial charge in [-0.25, -0.2) is 0 Å². The number of nitrogens with zero attached hydrogens (tertiary/aromatic N) is 2. The summed E-state index contributed by atoms with van der Waals surface area (Å²) in [7, 11) is 0. The Balaban J connectivity index is 2.01. The largest absolute Gasteiger partial charge is 0.308 e. The summed E-state index contributed by atoms with van der Waals surface area (Å²) >= 11 is 6.36. The summed E-state index contributed by atoms with van der Waals surface area (Å²) in [6.07, 6.45) is 3.49. The molecule has 0 spiro atoms. The molecule has 1 aromatic heterocycles. The molecule has 0 bridgehead atoms. The molecule has 2 atom stereocenters. The Kier molecular flexibility index (Phi) is 4.10. The van der Waals surface area contributed by atoms with Crippen molar-refractivity contribution in [2.45, 2.75) is 59.2 Å². The van der Waals surface area contributed by atoms with Crippen LogP contribution in [0.4, 0.5) is 0 Å². The van der Waals surface area contributed by atoms with Crippen molar-refractivity contribution in [3.8, 4) is 0 Å². The third kappa shape index (κ3) is 2.66. The summed E-state index contributed by atoms with van der Waals surface area (Å²) < 4.78 is 2.03. The van der Waals surface area contributed by atoms with E-state index >= 15 is 0 Å². The van der Waals surface area contributed by atoms with Gasteiger partial charge in [-0.05, 0) is 25.7 Å². The zero-order valence-corrected chi connectivity index (χ0v) is 11.7. The first kappa shape index (κ1) is 12.9. The van der Waals surface area contributed by atoms with E-state index in [0.29, 0.717) is 6.04 Å². The summed E-state index contributed by atoms with van der Waals surface area (Å²) in [5.74, 6) is 0.873. The van der Waals surface area contributed by atoms with Gasteiger partial charge >= 0.3 is 0 Å². The van der Waals surface area contributed by atoms with Gasteiger partial charge in [-0.3, -0.25) is 4.68 Å². The lowest BCUT2D eigenvalue weighted by Gasteiger charge is -2.06. The molecule has 2 rings (SSSR count). The maximum Gasteiger partial charge on any atom is 0.0863 e. The van der Waals surface area contributed by atoms with Crippen LogP contribution in [0.2, 0.25) is 5.02 Å². The van der Waals surface area contributed by atoms with Gasteiger partial charge in [0.05, 0.1) is 16.4 Å². The highest BCUT2D eigenvalue weighted by atomic mass is 35.5. The highest BCUT2D eigenvalue weighted by Gasteiger charge is 2.34. The summed E-state index contributed by atoms with van der Waals surface area (Å²) in [6.45, 7) is 8.20. The van der Waals surface area contributed by atoms with Gasteiger partial charge in [0, 0.05) is 19.1 Å². The summed E-state index contributed by atoms with van der Waals surface area (Å²) in [4.78, 5) is 0. The average Bonchev–Trinajstić information content (AvgIpc) is 3.04. The molecule has 3 nitrogen and oxygen atoms in total. The maximum atomic E-state index is 6.36. The molecule has 17 heavy (non-hydrogen) atoms. The highest BCUT2D eigenvalue weighted by Crippen LogP contribution is 2.33. The van der Waals surface area contributed by atoms with Crippen LogP contribution in [0.5, 0.6) is 0 Å². The molecule has 1 saturated carbocycles. The molecule has 0 amide bonds. The average molecular weight is 256 g/mol. The molecule has 0 radical (unpaired) electrons. The highest BCUT2D eigenvalue weighted by molar-refractivity contribution is 6.31. The fourth-order valence-electron chi connectivity index (χ4n) is 2.36. The van der Waals surface area contributed by atoms with Gasteiger partial charge in [-0.2, -0.15) is 5.10 Å². The monoisotopic (exact) mass is 255 g/mol. The minimum Gasteiger partial charge on any atom is -0.308 e. The standard InChI is InChI=1S/C13H22ClN3/c1-4-9-7-11(9)15-8-12-13(14)10(5-2)16-17(12)6-3/h9,11,15H,4-8H2,1-3H3. The van der Waals surface area contributed by atoms with Crippen molar-refractivity contribution in [2.75, 3.05) is 0 Å². The SMILES string of the molecule is CCc1nn(CC)c(CNC2CC2CC)c1Cl. The summed E-state index contributed by atoms with van der Waals surface area (Å²) in [6, 6.07) is 0.696. The predicted molar refractivity (Wildman–Crippen MR) is 71.3 cm³/mol. The minimum atomic E-state index is 0.696. The Morgan fingerprint density at radius 3 is 2.71 bits per heavy atom. The lowest BCUT2D eigenvalue weighted by molar-refractivity contribution is 0.560. The molecule has 1 aliphatic rings. The topological polar surface area (TPSA) is 29.9 Å². The van der Waals surface area contributed by atoms with Crippen LogP contribution in [0.15, 0.2) is 0 Å². The third-order valence-corrected chi connectivity index (χ3v) is 4.11. The van der Waals surface area contributed by atoms with Gasteiger partial charge in [0.2, 0.25) is 0 Å². The lowest BCUT2D eigenvalue weighted by Crippen LogP contribution is -2.20. The molecule has 1 aliphatic carbocycles. The number of hydrogen-bond acceptors (Lipinski definition) is 2. The minimum absolute atomic E-state index is 0.696. The van der Waals surface area contributed by atoms with E-state index in [-0.39, 0.29) is 0 Å². The Hall–Kier alpha value is -0.540. The van der Waals surface area contributed by atoms with E-state index in [0.717, 1.165) is 41.8 Å². The van der Waals surface area contributed by atoms with Gasteiger partial charge in [-0.1, -0.05) is 31.9 Å². The second-order valence-corrected chi connectivity index (χ2v) is 5.15. The van der Waals surface area contributed by atoms with Crippen molar-refractivity contribution in [2.24, 2.45) is 5.92 Å². The predicted octanol–water partition coefficient (Wildman–Crippen LogP) is 3.01. The van der Waals surface area contributed by atoms with Crippen LogP contribution in [0.3, 0.4) is 0 Å². The normalized spacial score (nSPS) is 23.1. The molecule has 4 heteroatoms. The Morgan fingerprint density at radius 2 is 2.18 bits per heavy atom. The number of rotatable bonds is 6. The number of nitrogens with one attached hydrogen (secondary N) is 1. The van der Waals surface area contributed by atoms with Crippen molar-refractivity contribution in [1.29, 1.82) is 0 Å². The molecular formula is C13H22ClN3.